The van der Waals surface area contributed by atoms with Crippen LogP contribution in [0, 0.1) is 18.3 Å². The predicted molar refractivity (Wildman–Crippen MR) is 170 cm³/mol. The summed E-state index contributed by atoms with van der Waals surface area (Å²) in [4.78, 5) is 55.3. The summed E-state index contributed by atoms with van der Waals surface area (Å²) in [5.41, 5.74) is 0.340. The number of esters is 1. The van der Waals surface area contributed by atoms with Gasteiger partial charge in [0.05, 0.1) is 0 Å². The molecule has 0 aromatic heterocycles. The second-order valence-electron chi connectivity index (χ2n) is 13.2. The Hall–Kier alpha value is -4.32. The maximum absolute atomic E-state index is 14.1. The van der Waals surface area contributed by atoms with Gasteiger partial charge in [0.15, 0.2) is 0 Å². The number of rotatable bonds is 11. The Morgan fingerprint density at radius 2 is 1.41 bits per heavy atom. The molecule has 0 bridgehead atoms. The highest BCUT2D eigenvalue weighted by atomic mass is 16.6. The summed E-state index contributed by atoms with van der Waals surface area (Å²) in [6.07, 6.45) is 5.29. The SMILES string of the molecule is C#Cc1ccc(C(C(=O)NC(Cc2ccccc2)C(=O)OC(C)(C)C)N(C)C(=O)C(CC(C)C)NC(=O)OC(C)(C)C)cc1. The number of hydrogen-bond donors (Lipinski definition) is 2. The van der Waals surface area contributed by atoms with Crippen molar-refractivity contribution in [1.82, 2.24) is 15.5 Å². The molecule has 3 amide bonds. The Morgan fingerprint density at radius 1 is 0.841 bits per heavy atom. The highest BCUT2D eigenvalue weighted by Gasteiger charge is 2.37. The van der Waals surface area contributed by atoms with Gasteiger partial charge >= 0.3 is 12.1 Å². The molecule has 0 radical (unpaired) electrons. The van der Waals surface area contributed by atoms with Crippen LogP contribution in [0.1, 0.15) is 84.5 Å². The van der Waals surface area contributed by atoms with Crippen LogP contribution < -0.4 is 10.6 Å². The number of nitrogens with zero attached hydrogens (tertiary/aromatic N) is 1. The maximum Gasteiger partial charge on any atom is 0.408 e. The molecule has 0 aliphatic heterocycles. The van der Waals surface area contributed by atoms with Crippen molar-refractivity contribution in [2.24, 2.45) is 5.92 Å². The van der Waals surface area contributed by atoms with Crippen molar-refractivity contribution in [3.8, 4) is 12.3 Å². The van der Waals surface area contributed by atoms with Crippen molar-refractivity contribution in [3.05, 3.63) is 71.3 Å². The molecule has 44 heavy (non-hydrogen) atoms. The summed E-state index contributed by atoms with van der Waals surface area (Å²) in [5.74, 6) is 0.890. The van der Waals surface area contributed by atoms with E-state index >= 15 is 0 Å². The van der Waals surface area contributed by atoms with Crippen LogP contribution in [0.4, 0.5) is 4.79 Å². The lowest BCUT2D eigenvalue weighted by Crippen LogP contribution is -2.54. The van der Waals surface area contributed by atoms with Crippen LogP contribution in [0.3, 0.4) is 0 Å². The van der Waals surface area contributed by atoms with Crippen molar-refractivity contribution in [2.45, 2.75) is 97.6 Å². The highest BCUT2D eigenvalue weighted by Crippen LogP contribution is 2.24. The van der Waals surface area contributed by atoms with Gasteiger partial charge < -0.3 is 25.0 Å². The molecule has 9 heteroatoms. The Balaban J connectivity index is 2.49. The van der Waals surface area contributed by atoms with Gasteiger partial charge in [-0.05, 0) is 77.1 Å². The number of carbonyl (C=O) groups excluding carboxylic acids is 4. The number of terminal acetylenes is 1. The quantitative estimate of drug-likeness (QED) is 0.270. The number of carbonyl (C=O) groups is 4. The van der Waals surface area contributed by atoms with E-state index in [-0.39, 0.29) is 12.3 Å². The van der Waals surface area contributed by atoms with E-state index in [0.717, 1.165) is 5.56 Å². The zero-order valence-corrected chi connectivity index (χ0v) is 27.4. The number of nitrogens with one attached hydrogen (secondary N) is 2. The van der Waals surface area contributed by atoms with Gasteiger partial charge in [0, 0.05) is 19.0 Å². The predicted octanol–water partition coefficient (Wildman–Crippen LogP) is 5.18. The van der Waals surface area contributed by atoms with Gasteiger partial charge in [0.1, 0.15) is 29.3 Å². The summed E-state index contributed by atoms with van der Waals surface area (Å²) in [7, 11) is 1.49. The lowest BCUT2D eigenvalue weighted by molar-refractivity contribution is -0.159. The summed E-state index contributed by atoms with van der Waals surface area (Å²) in [6, 6.07) is 12.8. The molecule has 0 saturated heterocycles. The fourth-order valence-electron chi connectivity index (χ4n) is 4.49. The molecule has 0 aliphatic carbocycles. The fourth-order valence-corrected chi connectivity index (χ4v) is 4.49. The Kier molecular flexibility index (Phi) is 12.6. The van der Waals surface area contributed by atoms with E-state index in [4.69, 9.17) is 15.9 Å². The summed E-state index contributed by atoms with van der Waals surface area (Å²) in [5, 5.41) is 5.52. The smallest absolute Gasteiger partial charge is 0.408 e. The topological polar surface area (TPSA) is 114 Å². The molecular formula is C35H47N3O6. The Morgan fingerprint density at radius 3 is 1.91 bits per heavy atom. The van der Waals surface area contributed by atoms with E-state index < -0.39 is 53.2 Å². The second-order valence-corrected chi connectivity index (χ2v) is 13.2. The van der Waals surface area contributed by atoms with Gasteiger partial charge in [-0.25, -0.2) is 9.59 Å². The first-order valence-corrected chi connectivity index (χ1v) is 14.8. The number of amides is 3. The van der Waals surface area contributed by atoms with Gasteiger partial charge in [-0.1, -0.05) is 62.2 Å². The maximum atomic E-state index is 14.1. The molecule has 0 saturated carbocycles. The van der Waals surface area contributed by atoms with Gasteiger partial charge in [-0.3, -0.25) is 9.59 Å². The average molecular weight is 606 g/mol. The second kappa shape index (κ2) is 15.4. The highest BCUT2D eigenvalue weighted by molar-refractivity contribution is 5.93. The van der Waals surface area contributed by atoms with E-state index in [0.29, 0.717) is 17.5 Å². The summed E-state index contributed by atoms with van der Waals surface area (Å²) >= 11 is 0. The first kappa shape index (κ1) is 35.9. The van der Waals surface area contributed by atoms with Gasteiger partial charge in [0.2, 0.25) is 11.8 Å². The van der Waals surface area contributed by atoms with E-state index in [1.807, 2.05) is 44.2 Å². The minimum absolute atomic E-state index is 0.0388. The molecule has 9 nitrogen and oxygen atoms in total. The average Bonchev–Trinajstić information content (AvgIpc) is 2.90. The van der Waals surface area contributed by atoms with Crippen molar-refractivity contribution in [1.29, 1.82) is 0 Å². The van der Waals surface area contributed by atoms with Crippen molar-refractivity contribution in [2.75, 3.05) is 7.05 Å². The molecule has 2 aromatic rings. The number of likely N-dealkylation sites (N-methyl/N-ethyl adjacent to an activating group) is 1. The van der Waals surface area contributed by atoms with Gasteiger partial charge in [-0.2, -0.15) is 0 Å². The summed E-state index contributed by atoms with van der Waals surface area (Å²) < 4.78 is 11.0. The lowest BCUT2D eigenvalue weighted by atomic mass is 9.98. The first-order valence-electron chi connectivity index (χ1n) is 14.8. The molecule has 0 heterocycles. The fraction of sp³-hybridized carbons (Fsp3) is 0.486. The zero-order chi connectivity index (χ0) is 33.2. The van der Waals surface area contributed by atoms with Crippen molar-refractivity contribution < 1.29 is 28.7 Å². The minimum Gasteiger partial charge on any atom is -0.458 e. The monoisotopic (exact) mass is 605 g/mol. The molecule has 3 unspecified atom stereocenters. The third kappa shape index (κ3) is 11.8. The van der Waals surface area contributed by atoms with Crippen LogP contribution in [-0.4, -0.2) is 59.1 Å². The number of hydrogen-bond acceptors (Lipinski definition) is 6. The van der Waals surface area contributed by atoms with Gasteiger partial charge in [-0.15, -0.1) is 6.42 Å². The van der Waals surface area contributed by atoms with E-state index in [1.165, 1.54) is 11.9 Å². The molecular weight excluding hydrogens is 558 g/mol. The van der Waals surface area contributed by atoms with Crippen LogP contribution in [0.2, 0.25) is 0 Å². The molecule has 238 valence electrons. The zero-order valence-electron chi connectivity index (χ0n) is 27.4. The van der Waals surface area contributed by atoms with Crippen LogP contribution in [0.25, 0.3) is 0 Å². The molecule has 0 aliphatic rings. The van der Waals surface area contributed by atoms with Crippen molar-refractivity contribution >= 4 is 23.9 Å². The summed E-state index contributed by atoms with van der Waals surface area (Å²) in [6.45, 7) is 14.3. The first-order chi connectivity index (χ1) is 20.4. The Labute approximate surface area is 262 Å². The molecule has 2 N–H and O–H groups in total. The van der Waals surface area contributed by atoms with Crippen LogP contribution in [0.15, 0.2) is 54.6 Å². The van der Waals surface area contributed by atoms with Crippen molar-refractivity contribution in [3.63, 3.8) is 0 Å². The lowest BCUT2D eigenvalue weighted by Gasteiger charge is -2.33. The minimum atomic E-state index is -1.16. The molecule has 0 fully saturated rings. The molecule has 3 atom stereocenters. The van der Waals surface area contributed by atoms with Crippen LogP contribution >= 0.6 is 0 Å². The number of benzene rings is 2. The van der Waals surface area contributed by atoms with E-state index in [1.54, 1.807) is 65.8 Å². The standard InChI is InChI=1S/C35H47N3O6/c1-11-24-17-19-26(20-18-24)29(38(10)31(40)27(21-23(2)3)37-33(42)44-35(7,8)9)30(39)36-28(32(41)43-34(4,5)6)22-25-15-13-12-14-16-25/h1,12-20,23,27-29H,21-22H2,2-10H3,(H,36,39)(H,37,42). The Bertz CT molecular complexity index is 1320. The van der Waals surface area contributed by atoms with Crippen LogP contribution in [-0.2, 0) is 30.3 Å². The number of ether oxygens (including phenoxy) is 2. The van der Waals surface area contributed by atoms with Gasteiger partial charge in [0.25, 0.3) is 0 Å². The molecule has 2 rings (SSSR count). The van der Waals surface area contributed by atoms with E-state index in [2.05, 4.69) is 16.6 Å². The van der Waals surface area contributed by atoms with Crippen LogP contribution in [0.5, 0.6) is 0 Å². The normalized spacial score (nSPS) is 13.6. The largest absolute Gasteiger partial charge is 0.458 e. The third-order valence-electron chi connectivity index (χ3n) is 6.36. The molecule has 2 aromatic carbocycles. The molecule has 0 spiro atoms. The van der Waals surface area contributed by atoms with E-state index in [9.17, 15) is 19.2 Å². The number of alkyl carbamates (subject to hydrolysis) is 1. The third-order valence-corrected chi connectivity index (χ3v) is 6.36.